The summed E-state index contributed by atoms with van der Waals surface area (Å²) in [7, 11) is 0. The summed E-state index contributed by atoms with van der Waals surface area (Å²) in [6, 6.07) is 39.1. The van der Waals surface area contributed by atoms with E-state index in [1.54, 1.807) is 0 Å². The highest BCUT2D eigenvalue weighted by atomic mass is 14.9. The van der Waals surface area contributed by atoms with Crippen molar-refractivity contribution in [3.8, 4) is 22.3 Å². The Balaban J connectivity index is 1.25. The van der Waals surface area contributed by atoms with E-state index >= 15 is 0 Å². The highest BCUT2D eigenvalue weighted by Gasteiger charge is 2.37. The molecular formula is C41H37N. The molecular weight excluding hydrogens is 506 g/mol. The third-order valence-corrected chi connectivity index (χ3v) is 10.2. The summed E-state index contributed by atoms with van der Waals surface area (Å²) in [5.41, 5.74) is 17.6. The van der Waals surface area contributed by atoms with E-state index in [2.05, 4.69) is 148 Å². The fraction of sp³-hybridized carbons (Fsp3) is 0.220. The topological polar surface area (TPSA) is 12.0 Å². The van der Waals surface area contributed by atoms with Crippen molar-refractivity contribution in [2.45, 2.75) is 57.4 Å². The number of fused-ring (bicyclic) bond motifs is 7. The fourth-order valence-corrected chi connectivity index (χ4v) is 7.85. The zero-order valence-corrected chi connectivity index (χ0v) is 25.0. The Morgan fingerprint density at radius 3 is 1.86 bits per heavy atom. The molecule has 1 unspecified atom stereocenters. The molecule has 3 aliphatic rings. The van der Waals surface area contributed by atoms with Gasteiger partial charge in [-0.2, -0.15) is 0 Å². The quantitative estimate of drug-likeness (QED) is 0.238. The predicted octanol–water partition coefficient (Wildman–Crippen LogP) is 10.5. The molecule has 0 saturated carbocycles. The predicted molar refractivity (Wildman–Crippen MR) is 177 cm³/mol. The molecule has 0 radical (unpaired) electrons. The number of hydrogen-bond acceptors (Lipinski definition) is 1. The molecule has 5 aromatic carbocycles. The highest BCUT2D eigenvalue weighted by Crippen LogP contribution is 2.51. The van der Waals surface area contributed by atoms with Gasteiger partial charge in [0.25, 0.3) is 0 Å². The Labute approximate surface area is 250 Å². The van der Waals surface area contributed by atoms with E-state index in [4.69, 9.17) is 0 Å². The van der Waals surface area contributed by atoms with Gasteiger partial charge in [0, 0.05) is 16.5 Å². The maximum atomic E-state index is 4.03. The number of rotatable bonds is 4. The number of allylic oxidation sites excluding steroid dienone is 1. The summed E-state index contributed by atoms with van der Waals surface area (Å²) in [5.74, 6) is 0. The Bertz CT molecular complexity index is 1920. The summed E-state index contributed by atoms with van der Waals surface area (Å²) in [5, 5.41) is 4.03. The maximum absolute atomic E-state index is 4.03. The van der Waals surface area contributed by atoms with E-state index in [-0.39, 0.29) is 16.9 Å². The summed E-state index contributed by atoms with van der Waals surface area (Å²) in [6.45, 7) is 9.45. The fourth-order valence-electron chi connectivity index (χ4n) is 7.85. The molecule has 3 aliphatic carbocycles. The van der Waals surface area contributed by atoms with Gasteiger partial charge in [0.2, 0.25) is 0 Å². The van der Waals surface area contributed by atoms with Gasteiger partial charge in [-0.15, -0.1) is 0 Å². The average molecular weight is 544 g/mol. The molecule has 0 bridgehead atoms. The minimum atomic E-state index is -0.0333. The zero-order valence-electron chi connectivity index (χ0n) is 25.0. The second-order valence-corrected chi connectivity index (χ2v) is 13.4. The molecule has 5 aromatic rings. The second-order valence-electron chi connectivity index (χ2n) is 13.4. The van der Waals surface area contributed by atoms with Crippen LogP contribution in [-0.2, 0) is 17.3 Å². The van der Waals surface area contributed by atoms with Crippen molar-refractivity contribution in [2.75, 3.05) is 5.32 Å². The Morgan fingerprint density at radius 1 is 0.571 bits per heavy atom. The van der Waals surface area contributed by atoms with E-state index in [0.29, 0.717) is 0 Å². The van der Waals surface area contributed by atoms with Gasteiger partial charge >= 0.3 is 0 Å². The molecule has 0 spiro atoms. The lowest BCUT2D eigenvalue weighted by molar-refractivity contribution is 0.658. The van der Waals surface area contributed by atoms with Crippen LogP contribution in [-0.4, -0.2) is 0 Å². The zero-order chi connectivity index (χ0) is 28.6. The van der Waals surface area contributed by atoms with Crippen molar-refractivity contribution < 1.29 is 0 Å². The normalized spacial score (nSPS) is 17.0. The first-order valence-electron chi connectivity index (χ1n) is 15.4. The molecule has 42 heavy (non-hydrogen) atoms. The van der Waals surface area contributed by atoms with Gasteiger partial charge in [0.1, 0.15) is 0 Å². The third kappa shape index (κ3) is 3.69. The third-order valence-electron chi connectivity index (χ3n) is 10.2. The summed E-state index contributed by atoms with van der Waals surface area (Å²) >= 11 is 0. The Morgan fingerprint density at radius 2 is 1.14 bits per heavy atom. The van der Waals surface area contributed by atoms with Crippen molar-refractivity contribution >= 4 is 11.8 Å². The van der Waals surface area contributed by atoms with Gasteiger partial charge in [0.15, 0.2) is 0 Å². The lowest BCUT2D eigenvalue weighted by Crippen LogP contribution is -2.18. The standard InChI is InChI=1S/C41H37N/c1-40(2)35-15-9-7-13-31(35)33-21-19-29(24-37(33)40)39(28-18-17-26-11-5-6-12-27(26)23-28)42-30-20-22-34-32-14-8-10-16-36(32)41(3,4)38(34)25-30/h6-10,12-25,39,42H,5,11H2,1-4H3. The molecule has 0 heterocycles. The van der Waals surface area contributed by atoms with E-state index in [1.165, 1.54) is 66.8 Å². The number of hydrogen-bond donors (Lipinski definition) is 1. The van der Waals surface area contributed by atoms with E-state index in [0.717, 1.165) is 18.5 Å². The van der Waals surface area contributed by atoms with E-state index in [9.17, 15) is 0 Å². The Hall–Kier alpha value is -4.36. The molecule has 1 atom stereocenters. The molecule has 0 aromatic heterocycles. The molecule has 0 fully saturated rings. The molecule has 1 heteroatoms. The van der Waals surface area contributed by atoms with Gasteiger partial charge in [-0.05, 0) is 97.8 Å². The van der Waals surface area contributed by atoms with Crippen LogP contribution in [0.1, 0.15) is 84.7 Å². The number of nitrogens with one attached hydrogen (secondary N) is 1. The molecule has 1 N–H and O–H groups in total. The van der Waals surface area contributed by atoms with Crippen LogP contribution >= 0.6 is 0 Å². The van der Waals surface area contributed by atoms with E-state index in [1.807, 2.05) is 0 Å². The minimum Gasteiger partial charge on any atom is -0.374 e. The van der Waals surface area contributed by atoms with Gasteiger partial charge in [-0.1, -0.05) is 125 Å². The molecule has 206 valence electrons. The number of anilines is 1. The monoisotopic (exact) mass is 543 g/mol. The highest BCUT2D eigenvalue weighted by molar-refractivity contribution is 5.83. The van der Waals surface area contributed by atoms with E-state index < -0.39 is 0 Å². The number of aryl methyl sites for hydroxylation is 1. The van der Waals surface area contributed by atoms with Crippen LogP contribution in [0.3, 0.4) is 0 Å². The molecule has 0 saturated heterocycles. The van der Waals surface area contributed by atoms with Crippen LogP contribution in [0.4, 0.5) is 5.69 Å². The summed E-state index contributed by atoms with van der Waals surface area (Å²) < 4.78 is 0. The summed E-state index contributed by atoms with van der Waals surface area (Å²) in [4.78, 5) is 0. The van der Waals surface area contributed by atoms with Crippen molar-refractivity contribution in [2.24, 2.45) is 0 Å². The maximum Gasteiger partial charge on any atom is 0.0767 e. The van der Waals surface area contributed by atoms with Crippen LogP contribution in [0.5, 0.6) is 0 Å². The first-order valence-corrected chi connectivity index (χ1v) is 15.4. The van der Waals surface area contributed by atoms with Crippen LogP contribution in [0.25, 0.3) is 28.3 Å². The van der Waals surface area contributed by atoms with Crippen LogP contribution in [0, 0.1) is 0 Å². The lowest BCUT2D eigenvalue weighted by atomic mass is 9.81. The SMILES string of the molecule is CC1(C)c2ccccc2-c2ccc(NC(c3ccc4c(c3)C=CCC4)c3ccc4c(c3)C(C)(C)c3ccccc3-4)cc21. The number of benzene rings is 5. The Kier molecular flexibility index (Phi) is 5.47. The van der Waals surface area contributed by atoms with Crippen molar-refractivity contribution in [1.29, 1.82) is 0 Å². The van der Waals surface area contributed by atoms with Gasteiger partial charge in [-0.25, -0.2) is 0 Å². The molecule has 0 aliphatic heterocycles. The minimum absolute atomic E-state index is 0.0281. The molecule has 0 amide bonds. The largest absolute Gasteiger partial charge is 0.374 e. The average Bonchev–Trinajstić information content (AvgIpc) is 3.39. The van der Waals surface area contributed by atoms with Crippen LogP contribution < -0.4 is 5.32 Å². The smallest absolute Gasteiger partial charge is 0.0767 e. The second kappa shape index (κ2) is 9.07. The van der Waals surface area contributed by atoms with Crippen molar-refractivity contribution in [3.63, 3.8) is 0 Å². The van der Waals surface area contributed by atoms with Gasteiger partial charge < -0.3 is 5.32 Å². The lowest BCUT2D eigenvalue weighted by Gasteiger charge is -2.27. The summed E-state index contributed by atoms with van der Waals surface area (Å²) in [6.07, 6.45) is 6.86. The van der Waals surface area contributed by atoms with Crippen LogP contribution in [0.2, 0.25) is 0 Å². The van der Waals surface area contributed by atoms with Gasteiger partial charge in [0.05, 0.1) is 6.04 Å². The van der Waals surface area contributed by atoms with Crippen molar-refractivity contribution in [1.82, 2.24) is 0 Å². The molecule has 1 nitrogen and oxygen atoms in total. The van der Waals surface area contributed by atoms with Crippen LogP contribution in [0.15, 0.2) is 109 Å². The first kappa shape index (κ1) is 25.4. The van der Waals surface area contributed by atoms with Gasteiger partial charge in [-0.3, -0.25) is 0 Å². The first-order chi connectivity index (χ1) is 20.3. The van der Waals surface area contributed by atoms with Crippen molar-refractivity contribution in [3.05, 3.63) is 154 Å². The molecule has 8 rings (SSSR count).